The van der Waals surface area contributed by atoms with Crippen molar-refractivity contribution in [1.82, 2.24) is 10.2 Å². The average molecular weight is 316 g/mol. The van der Waals surface area contributed by atoms with Gasteiger partial charge in [0.05, 0.1) is 3.79 Å². The number of aromatic nitrogens is 2. The molecule has 0 bridgehead atoms. The number of nitrogens with one attached hydrogen (secondary N) is 1. The largest absolute Gasteiger partial charge is 0.297 e. The van der Waals surface area contributed by atoms with Gasteiger partial charge in [-0.15, -0.1) is 21.5 Å². The molecule has 0 aliphatic heterocycles. The van der Waals surface area contributed by atoms with Gasteiger partial charge in [0.25, 0.3) is 0 Å². The first-order valence-corrected chi connectivity index (χ1v) is 6.73. The molecule has 0 radical (unpaired) electrons. The van der Waals surface area contributed by atoms with E-state index in [2.05, 4.69) is 31.4 Å². The summed E-state index contributed by atoms with van der Waals surface area (Å²) in [6.45, 7) is 0. The number of hydrogen-bond acceptors (Lipinski definition) is 5. The highest BCUT2D eigenvalue weighted by atomic mass is 79.9. The van der Waals surface area contributed by atoms with Gasteiger partial charge in [0, 0.05) is 11.0 Å². The second-order valence-electron chi connectivity index (χ2n) is 2.71. The summed E-state index contributed by atoms with van der Waals surface area (Å²) in [5, 5.41) is 10.4. The summed E-state index contributed by atoms with van der Waals surface area (Å²) in [6, 6.07) is 3.87. The SMILES string of the molecule is O=C(C=Cc1ccc(Br)s1)Nc1nncs1. The zero-order valence-electron chi connectivity index (χ0n) is 7.88. The summed E-state index contributed by atoms with van der Waals surface area (Å²) in [5.41, 5.74) is 1.57. The Bertz CT molecular complexity index is 507. The predicted octanol–water partition coefficient (Wildman–Crippen LogP) is 3.01. The lowest BCUT2D eigenvalue weighted by Crippen LogP contribution is -2.07. The van der Waals surface area contributed by atoms with Crippen LogP contribution in [0, 0.1) is 0 Å². The molecule has 0 aromatic carbocycles. The fourth-order valence-corrected chi connectivity index (χ4v) is 2.72. The van der Waals surface area contributed by atoms with Crippen molar-refractivity contribution in [2.75, 3.05) is 5.32 Å². The molecule has 4 nitrogen and oxygen atoms in total. The summed E-state index contributed by atoms with van der Waals surface area (Å²) < 4.78 is 1.04. The third kappa shape index (κ3) is 3.22. The van der Waals surface area contributed by atoms with Gasteiger partial charge in [0.15, 0.2) is 0 Å². The second kappa shape index (κ2) is 5.33. The van der Waals surface area contributed by atoms with Crippen molar-refractivity contribution in [3.8, 4) is 0 Å². The van der Waals surface area contributed by atoms with Gasteiger partial charge in [-0.1, -0.05) is 11.3 Å². The Labute approximate surface area is 108 Å². The van der Waals surface area contributed by atoms with Crippen LogP contribution in [0.25, 0.3) is 6.08 Å². The number of carbonyl (C=O) groups excluding carboxylic acids is 1. The molecular formula is C9H6BrN3OS2. The van der Waals surface area contributed by atoms with Crippen LogP contribution in [0.3, 0.4) is 0 Å². The first kappa shape index (κ1) is 11.4. The predicted molar refractivity (Wildman–Crippen MR) is 69.6 cm³/mol. The van der Waals surface area contributed by atoms with E-state index in [0.717, 1.165) is 8.66 Å². The highest BCUT2D eigenvalue weighted by Gasteiger charge is 2.00. The summed E-state index contributed by atoms with van der Waals surface area (Å²) >= 11 is 6.20. The van der Waals surface area contributed by atoms with Crippen LogP contribution in [-0.4, -0.2) is 16.1 Å². The molecule has 1 N–H and O–H groups in total. The number of nitrogens with zero attached hydrogens (tertiary/aromatic N) is 2. The van der Waals surface area contributed by atoms with E-state index in [-0.39, 0.29) is 5.91 Å². The second-order valence-corrected chi connectivity index (χ2v) is 6.04. The maximum Gasteiger partial charge on any atom is 0.250 e. The molecule has 0 spiro atoms. The monoisotopic (exact) mass is 315 g/mol. The molecule has 2 rings (SSSR count). The van der Waals surface area contributed by atoms with Crippen LogP contribution in [0.5, 0.6) is 0 Å². The minimum absolute atomic E-state index is 0.207. The van der Waals surface area contributed by atoms with Crippen LogP contribution in [0.15, 0.2) is 27.5 Å². The topological polar surface area (TPSA) is 54.9 Å². The lowest BCUT2D eigenvalue weighted by atomic mass is 10.4. The third-order valence-electron chi connectivity index (χ3n) is 1.58. The van der Waals surface area contributed by atoms with Crippen LogP contribution >= 0.6 is 38.6 Å². The van der Waals surface area contributed by atoms with E-state index < -0.39 is 0 Å². The Hall–Kier alpha value is -1.05. The molecule has 0 saturated carbocycles. The molecule has 82 valence electrons. The first-order valence-electron chi connectivity index (χ1n) is 4.24. The van der Waals surface area contributed by atoms with Crippen LogP contribution in [0.2, 0.25) is 0 Å². The molecule has 0 fully saturated rings. The van der Waals surface area contributed by atoms with Gasteiger partial charge in [0.1, 0.15) is 5.51 Å². The molecule has 0 aliphatic carbocycles. The maximum atomic E-state index is 11.4. The van der Waals surface area contributed by atoms with Gasteiger partial charge in [-0.25, -0.2) is 0 Å². The van der Waals surface area contributed by atoms with E-state index >= 15 is 0 Å². The number of amides is 1. The highest BCUT2D eigenvalue weighted by molar-refractivity contribution is 9.11. The number of anilines is 1. The first-order chi connectivity index (χ1) is 7.74. The van der Waals surface area contributed by atoms with Crippen molar-refractivity contribution >= 4 is 55.7 Å². The van der Waals surface area contributed by atoms with E-state index in [0.29, 0.717) is 5.13 Å². The van der Waals surface area contributed by atoms with Crippen LogP contribution in [0.4, 0.5) is 5.13 Å². The quantitative estimate of drug-likeness (QED) is 0.886. The zero-order valence-corrected chi connectivity index (χ0v) is 11.1. The smallest absolute Gasteiger partial charge is 0.250 e. The highest BCUT2D eigenvalue weighted by Crippen LogP contribution is 2.22. The van der Waals surface area contributed by atoms with Crippen molar-refractivity contribution in [1.29, 1.82) is 0 Å². The standard InChI is InChI=1S/C9H6BrN3OS2/c10-7-3-1-6(16-7)2-4-8(14)12-9-13-11-5-15-9/h1-5H,(H,12,13,14). The molecule has 2 heterocycles. The van der Waals surface area contributed by atoms with E-state index in [1.165, 1.54) is 17.4 Å². The van der Waals surface area contributed by atoms with Crippen LogP contribution in [-0.2, 0) is 4.79 Å². The van der Waals surface area contributed by atoms with Crippen molar-refractivity contribution < 1.29 is 4.79 Å². The number of hydrogen-bond donors (Lipinski definition) is 1. The van der Waals surface area contributed by atoms with Gasteiger partial charge in [0.2, 0.25) is 11.0 Å². The van der Waals surface area contributed by atoms with Crippen molar-refractivity contribution in [3.05, 3.63) is 32.4 Å². The zero-order chi connectivity index (χ0) is 11.4. The molecule has 16 heavy (non-hydrogen) atoms. The van der Waals surface area contributed by atoms with Crippen molar-refractivity contribution in [2.24, 2.45) is 0 Å². The van der Waals surface area contributed by atoms with Crippen LogP contribution in [0.1, 0.15) is 4.88 Å². The minimum atomic E-state index is -0.207. The van der Waals surface area contributed by atoms with E-state index in [9.17, 15) is 4.79 Å². The summed E-state index contributed by atoms with van der Waals surface area (Å²) in [7, 11) is 0. The number of halogens is 1. The summed E-state index contributed by atoms with van der Waals surface area (Å²) in [4.78, 5) is 12.4. The molecule has 7 heteroatoms. The van der Waals surface area contributed by atoms with Crippen molar-refractivity contribution in [3.63, 3.8) is 0 Å². The van der Waals surface area contributed by atoms with Gasteiger partial charge in [-0.05, 0) is 34.1 Å². The lowest BCUT2D eigenvalue weighted by Gasteiger charge is -1.92. The van der Waals surface area contributed by atoms with Gasteiger partial charge >= 0.3 is 0 Å². The number of rotatable bonds is 3. The summed E-state index contributed by atoms with van der Waals surface area (Å²) in [6.07, 6.45) is 3.23. The normalized spacial score (nSPS) is 10.8. The van der Waals surface area contributed by atoms with Gasteiger partial charge in [-0.2, -0.15) is 0 Å². The third-order valence-corrected chi connectivity index (χ3v) is 3.78. The number of thiophene rings is 1. The average Bonchev–Trinajstić information content (AvgIpc) is 2.87. The Balaban J connectivity index is 1.94. The molecule has 2 aromatic heterocycles. The molecule has 1 amide bonds. The molecular weight excluding hydrogens is 310 g/mol. The van der Waals surface area contributed by atoms with Gasteiger partial charge < -0.3 is 0 Å². The Morgan fingerprint density at radius 2 is 2.38 bits per heavy atom. The Kier molecular flexibility index (Phi) is 3.81. The van der Waals surface area contributed by atoms with E-state index in [4.69, 9.17) is 0 Å². The summed E-state index contributed by atoms with van der Waals surface area (Å²) in [5.74, 6) is -0.207. The molecule has 0 unspecified atom stereocenters. The lowest BCUT2D eigenvalue weighted by molar-refractivity contribution is -0.111. The molecule has 0 aliphatic rings. The fraction of sp³-hybridized carbons (Fsp3) is 0. The minimum Gasteiger partial charge on any atom is -0.297 e. The van der Waals surface area contributed by atoms with Crippen LogP contribution < -0.4 is 5.32 Å². The molecule has 2 aromatic rings. The Morgan fingerprint density at radius 1 is 1.50 bits per heavy atom. The maximum absolute atomic E-state index is 11.4. The van der Waals surface area contributed by atoms with Crippen molar-refractivity contribution in [2.45, 2.75) is 0 Å². The van der Waals surface area contributed by atoms with E-state index in [1.54, 1.807) is 22.9 Å². The van der Waals surface area contributed by atoms with E-state index in [1.807, 2.05) is 12.1 Å². The fourth-order valence-electron chi connectivity index (χ4n) is 0.950. The van der Waals surface area contributed by atoms with Gasteiger partial charge in [-0.3, -0.25) is 10.1 Å². The Morgan fingerprint density at radius 3 is 3.00 bits per heavy atom. The number of carbonyl (C=O) groups is 1. The molecule has 0 saturated heterocycles. The molecule has 0 atom stereocenters.